The van der Waals surface area contributed by atoms with Crippen LogP contribution in [-0.2, 0) is 11.3 Å². The van der Waals surface area contributed by atoms with E-state index in [1.165, 1.54) is 30.0 Å². The third-order valence-electron chi connectivity index (χ3n) is 4.37. The first-order valence-corrected chi connectivity index (χ1v) is 8.61. The van der Waals surface area contributed by atoms with E-state index < -0.39 is 11.9 Å². The number of carbonyl (C=O) groups is 2. The first-order valence-electron chi connectivity index (χ1n) is 8.61. The second-order valence-corrected chi connectivity index (χ2v) is 6.15. The average Bonchev–Trinajstić information content (AvgIpc) is 3.08. The number of hydrogen-bond donors (Lipinski definition) is 3. The molecule has 0 aliphatic heterocycles. The van der Waals surface area contributed by atoms with Gasteiger partial charge in [0.2, 0.25) is 0 Å². The van der Waals surface area contributed by atoms with Crippen LogP contribution in [0.15, 0.2) is 54.7 Å². The number of ether oxygens (including phenoxy) is 1. The molecule has 0 bridgehead atoms. The summed E-state index contributed by atoms with van der Waals surface area (Å²) in [6, 6.07) is 16.0. The molecule has 0 unspecified atom stereocenters. The molecule has 0 fully saturated rings. The summed E-state index contributed by atoms with van der Waals surface area (Å²) in [6.07, 6.45) is 1.39. The summed E-state index contributed by atoms with van der Waals surface area (Å²) in [7, 11) is 1.20. The average molecular weight is 390 g/mol. The van der Waals surface area contributed by atoms with E-state index in [2.05, 4.69) is 5.32 Å². The number of nitrogens with one attached hydrogen (secondary N) is 1. The third kappa shape index (κ3) is 3.89. The van der Waals surface area contributed by atoms with Crippen LogP contribution in [0.4, 0.5) is 11.4 Å². The molecule has 0 saturated heterocycles. The van der Waals surface area contributed by atoms with Crippen LogP contribution in [0.2, 0.25) is 0 Å². The van der Waals surface area contributed by atoms with E-state index in [1.54, 1.807) is 6.07 Å². The molecule has 2 aromatic carbocycles. The van der Waals surface area contributed by atoms with E-state index in [1.807, 2.05) is 36.4 Å². The number of carbonyl (C=O) groups excluding carboxylic acids is 1. The van der Waals surface area contributed by atoms with E-state index in [0.717, 1.165) is 5.56 Å². The van der Waals surface area contributed by atoms with E-state index in [0.29, 0.717) is 17.9 Å². The van der Waals surface area contributed by atoms with Gasteiger partial charge in [0, 0.05) is 12.7 Å². The highest BCUT2D eigenvalue weighted by Crippen LogP contribution is 2.30. The van der Waals surface area contributed by atoms with Crippen molar-refractivity contribution in [3.8, 4) is 11.8 Å². The van der Waals surface area contributed by atoms with Gasteiger partial charge >= 0.3 is 11.9 Å². The monoisotopic (exact) mass is 390 g/mol. The van der Waals surface area contributed by atoms with E-state index in [9.17, 15) is 20.0 Å². The van der Waals surface area contributed by atoms with Crippen molar-refractivity contribution in [1.29, 1.82) is 5.26 Å². The summed E-state index contributed by atoms with van der Waals surface area (Å²) in [5.74, 6) is -1.86. The number of anilines is 2. The van der Waals surface area contributed by atoms with Gasteiger partial charge in [-0.15, -0.1) is 0 Å². The number of nitrogens with zero attached hydrogens (tertiary/aromatic N) is 2. The second kappa shape index (κ2) is 8.19. The van der Waals surface area contributed by atoms with Crippen molar-refractivity contribution in [3.63, 3.8) is 0 Å². The molecule has 3 rings (SSSR count). The number of rotatable bonds is 6. The topological polar surface area (TPSA) is 130 Å². The molecule has 146 valence electrons. The van der Waals surface area contributed by atoms with E-state index in [-0.39, 0.29) is 22.5 Å². The number of methoxy groups -OCH3 is 1. The maximum absolute atomic E-state index is 12.3. The van der Waals surface area contributed by atoms with E-state index in [4.69, 9.17) is 10.5 Å². The van der Waals surface area contributed by atoms with Gasteiger partial charge in [0.25, 0.3) is 0 Å². The molecule has 1 aromatic heterocycles. The number of esters is 1. The molecule has 4 N–H and O–H groups in total. The molecule has 0 spiro atoms. The van der Waals surface area contributed by atoms with Crippen molar-refractivity contribution < 1.29 is 19.4 Å². The Morgan fingerprint density at radius 2 is 1.97 bits per heavy atom. The first-order chi connectivity index (χ1) is 14.0. The molecule has 0 atom stereocenters. The van der Waals surface area contributed by atoms with Crippen LogP contribution in [0, 0.1) is 11.3 Å². The summed E-state index contributed by atoms with van der Waals surface area (Å²) in [4.78, 5) is 23.8. The Bertz CT molecular complexity index is 1110. The quantitative estimate of drug-likeness (QED) is 0.551. The Morgan fingerprint density at radius 1 is 1.24 bits per heavy atom. The van der Waals surface area contributed by atoms with E-state index >= 15 is 0 Å². The Morgan fingerprint density at radius 3 is 2.59 bits per heavy atom. The van der Waals surface area contributed by atoms with Crippen LogP contribution >= 0.6 is 0 Å². The highest BCUT2D eigenvalue weighted by Gasteiger charge is 2.23. The van der Waals surface area contributed by atoms with Gasteiger partial charge < -0.3 is 25.5 Å². The summed E-state index contributed by atoms with van der Waals surface area (Å²) in [5, 5.41) is 21.9. The number of nitrogen functional groups attached to an aromatic ring is 1. The number of nitriles is 1. The fraction of sp³-hybridized carbons (Fsp3) is 0.0952. The van der Waals surface area contributed by atoms with Gasteiger partial charge in [-0.05, 0) is 23.8 Å². The maximum Gasteiger partial charge on any atom is 0.357 e. The highest BCUT2D eigenvalue weighted by molar-refractivity contribution is 5.97. The van der Waals surface area contributed by atoms with Crippen molar-refractivity contribution in [1.82, 2.24) is 4.57 Å². The second-order valence-electron chi connectivity index (χ2n) is 6.15. The summed E-state index contributed by atoms with van der Waals surface area (Å²) < 4.78 is 6.17. The van der Waals surface area contributed by atoms with Crippen molar-refractivity contribution in [3.05, 3.63) is 77.1 Å². The van der Waals surface area contributed by atoms with Crippen LogP contribution in [0.3, 0.4) is 0 Å². The Hall–Kier alpha value is -4.25. The number of benzene rings is 2. The zero-order valence-electron chi connectivity index (χ0n) is 15.5. The fourth-order valence-electron chi connectivity index (χ4n) is 2.91. The number of aromatic nitrogens is 1. The van der Waals surface area contributed by atoms with Crippen molar-refractivity contribution >= 4 is 23.3 Å². The maximum atomic E-state index is 12.3. The van der Waals surface area contributed by atoms with Crippen LogP contribution in [0.1, 0.15) is 32.0 Å². The smallest absolute Gasteiger partial charge is 0.357 e. The molecule has 0 aliphatic carbocycles. The Labute approximate surface area is 166 Å². The van der Waals surface area contributed by atoms with Gasteiger partial charge in [0.05, 0.1) is 35.3 Å². The van der Waals surface area contributed by atoms with Gasteiger partial charge in [0.1, 0.15) is 6.07 Å². The minimum absolute atomic E-state index is 0.0202. The lowest BCUT2D eigenvalue weighted by Gasteiger charge is -2.16. The SMILES string of the molecule is COC(=O)c1c(N)c(C#N)cn1-c1cc(C(=O)O)ccc1NCc1ccccc1. The van der Waals surface area contributed by atoms with Crippen LogP contribution in [0.5, 0.6) is 0 Å². The summed E-state index contributed by atoms with van der Waals surface area (Å²) >= 11 is 0. The number of aromatic carboxylic acids is 1. The molecular formula is C21H18N4O4. The van der Waals surface area contributed by atoms with Crippen LogP contribution in [0.25, 0.3) is 5.69 Å². The lowest BCUT2D eigenvalue weighted by molar-refractivity contribution is 0.0592. The van der Waals surface area contributed by atoms with Crippen LogP contribution in [-0.4, -0.2) is 28.7 Å². The number of nitrogens with two attached hydrogens (primary N) is 1. The summed E-state index contributed by atoms with van der Waals surface area (Å²) in [6.45, 7) is 0.468. The molecule has 8 heteroatoms. The Kier molecular flexibility index (Phi) is 5.51. The highest BCUT2D eigenvalue weighted by atomic mass is 16.5. The lowest BCUT2D eigenvalue weighted by Crippen LogP contribution is -2.13. The zero-order valence-corrected chi connectivity index (χ0v) is 15.5. The predicted molar refractivity (Wildman–Crippen MR) is 107 cm³/mol. The molecule has 0 aliphatic rings. The van der Waals surface area contributed by atoms with Gasteiger partial charge in [-0.2, -0.15) is 5.26 Å². The number of hydrogen-bond acceptors (Lipinski definition) is 6. The molecule has 0 saturated carbocycles. The lowest BCUT2D eigenvalue weighted by atomic mass is 10.1. The van der Waals surface area contributed by atoms with Gasteiger partial charge in [-0.25, -0.2) is 9.59 Å². The number of carboxylic acids is 1. The standard InChI is InChI=1S/C21H18N4O4/c1-29-21(28)19-18(23)15(10-22)12-25(19)17-9-14(20(26)27)7-8-16(17)24-11-13-5-3-2-4-6-13/h2-9,12,24H,11,23H2,1H3,(H,26,27). The predicted octanol–water partition coefficient (Wildman–Crippen LogP) is 3.03. The molecule has 0 amide bonds. The van der Waals surface area contributed by atoms with Gasteiger partial charge in [-0.3, -0.25) is 0 Å². The van der Waals surface area contributed by atoms with Gasteiger partial charge in [-0.1, -0.05) is 30.3 Å². The van der Waals surface area contributed by atoms with Crippen LogP contribution < -0.4 is 11.1 Å². The first kappa shape index (κ1) is 19.5. The normalized spacial score (nSPS) is 10.2. The summed E-state index contributed by atoms with van der Waals surface area (Å²) in [5.41, 5.74) is 7.91. The zero-order chi connectivity index (χ0) is 21.0. The molecule has 29 heavy (non-hydrogen) atoms. The van der Waals surface area contributed by atoms with Gasteiger partial charge in [0.15, 0.2) is 5.69 Å². The molecule has 1 heterocycles. The number of carboxylic acid groups (broad SMARTS) is 1. The molecular weight excluding hydrogens is 372 g/mol. The molecule has 0 radical (unpaired) electrons. The van der Waals surface area contributed by atoms with Crippen molar-refractivity contribution in [2.45, 2.75) is 6.54 Å². The minimum atomic E-state index is -1.12. The third-order valence-corrected chi connectivity index (χ3v) is 4.37. The minimum Gasteiger partial charge on any atom is -0.478 e. The van der Waals surface area contributed by atoms with Crippen molar-refractivity contribution in [2.75, 3.05) is 18.2 Å². The molecule has 8 nitrogen and oxygen atoms in total. The molecule has 3 aromatic rings. The fourth-order valence-corrected chi connectivity index (χ4v) is 2.91. The van der Waals surface area contributed by atoms with Crippen molar-refractivity contribution in [2.24, 2.45) is 0 Å². The largest absolute Gasteiger partial charge is 0.478 e. The Balaban J connectivity index is 2.14.